The van der Waals surface area contributed by atoms with Crippen LogP contribution in [0.3, 0.4) is 0 Å². The Bertz CT molecular complexity index is 471. The van der Waals surface area contributed by atoms with E-state index < -0.39 is 0 Å². The van der Waals surface area contributed by atoms with Crippen molar-refractivity contribution in [3.05, 3.63) is 18.7 Å². The van der Waals surface area contributed by atoms with Crippen LogP contribution in [-0.2, 0) is 6.54 Å². The molecule has 1 aromatic heterocycles. The number of hydrogen-bond acceptors (Lipinski definition) is 3. The molecule has 2 aliphatic rings. The van der Waals surface area contributed by atoms with Crippen LogP contribution in [0, 0.1) is 5.92 Å². The molecule has 1 aliphatic carbocycles. The number of nitrogens with zero attached hydrogens (tertiary/aromatic N) is 3. The molecule has 116 valence electrons. The topological polar surface area (TPSA) is 42.2 Å². The summed E-state index contributed by atoms with van der Waals surface area (Å²) < 4.78 is 2.13. The van der Waals surface area contributed by atoms with Gasteiger partial charge >= 0.3 is 0 Å². The van der Waals surface area contributed by atoms with Crippen molar-refractivity contribution >= 4 is 16.9 Å². The number of thioether (sulfide) groups is 1. The highest BCUT2D eigenvalue weighted by Gasteiger charge is 2.40. The minimum atomic E-state index is 0.359. The summed E-state index contributed by atoms with van der Waals surface area (Å²) in [6.45, 7) is 4.38. The van der Waals surface area contributed by atoms with Gasteiger partial charge in [0.25, 0.3) is 0 Å². The van der Waals surface area contributed by atoms with Gasteiger partial charge in [0.05, 0.1) is 6.33 Å². The molecule has 0 aromatic carbocycles. The van der Waals surface area contributed by atoms with Crippen molar-refractivity contribution in [1.82, 2.24) is 14.9 Å². The summed E-state index contributed by atoms with van der Waals surface area (Å²) >= 11 is 1.93. The first-order valence-electron chi connectivity index (χ1n) is 8.17. The zero-order valence-corrected chi connectivity index (χ0v) is 13.7. The zero-order chi connectivity index (χ0) is 14.5. The van der Waals surface area contributed by atoms with Gasteiger partial charge in [-0.15, -0.1) is 0 Å². The van der Waals surface area contributed by atoms with Crippen LogP contribution < -0.4 is 5.32 Å². The molecule has 1 N–H and O–H groups in total. The quantitative estimate of drug-likeness (QED) is 0.849. The van der Waals surface area contributed by atoms with Crippen LogP contribution in [0.25, 0.3) is 0 Å². The fraction of sp³-hybridized carbons (Fsp3) is 0.750. The lowest BCUT2D eigenvalue weighted by atomic mass is 9.78. The second kappa shape index (κ2) is 6.86. The van der Waals surface area contributed by atoms with E-state index in [9.17, 15) is 0 Å². The lowest BCUT2D eigenvalue weighted by molar-refractivity contribution is 0.242. The molecule has 21 heavy (non-hydrogen) atoms. The van der Waals surface area contributed by atoms with Crippen molar-refractivity contribution in [3.8, 4) is 0 Å². The van der Waals surface area contributed by atoms with Crippen LogP contribution in [-0.4, -0.2) is 32.6 Å². The maximum atomic E-state index is 4.76. The molecule has 1 saturated heterocycles. The van der Waals surface area contributed by atoms with Gasteiger partial charge < -0.3 is 9.88 Å². The molecular formula is C16H26N4S. The molecule has 4 nitrogen and oxygen atoms in total. The van der Waals surface area contributed by atoms with Gasteiger partial charge in [0, 0.05) is 36.8 Å². The fourth-order valence-electron chi connectivity index (χ4n) is 3.50. The number of unbranched alkanes of at least 4 members (excludes halogenated alkanes) is 1. The molecule has 0 radical (unpaired) electrons. The van der Waals surface area contributed by atoms with Crippen LogP contribution >= 0.6 is 11.8 Å². The number of hydrogen-bond donors (Lipinski definition) is 1. The highest BCUT2D eigenvalue weighted by Crippen LogP contribution is 2.38. The van der Waals surface area contributed by atoms with Crippen molar-refractivity contribution in [1.29, 1.82) is 0 Å². The third-order valence-corrected chi connectivity index (χ3v) is 5.79. The average Bonchev–Trinajstić information content (AvgIpc) is 3.09. The normalized spacial score (nSPS) is 30.9. The lowest BCUT2D eigenvalue weighted by Crippen LogP contribution is -2.47. The smallest absolute Gasteiger partial charge is 0.157 e. The Kier molecular flexibility index (Phi) is 4.88. The third kappa shape index (κ3) is 4.02. The molecule has 2 atom stereocenters. The number of nitrogens with one attached hydrogen (secondary N) is 1. The fourth-order valence-corrected chi connectivity index (χ4v) is 4.72. The van der Waals surface area contributed by atoms with E-state index in [0.29, 0.717) is 5.54 Å². The van der Waals surface area contributed by atoms with E-state index in [2.05, 4.69) is 21.8 Å². The van der Waals surface area contributed by atoms with Gasteiger partial charge in [-0.05, 0) is 31.6 Å². The van der Waals surface area contributed by atoms with Gasteiger partial charge in [-0.25, -0.2) is 4.98 Å². The highest BCUT2D eigenvalue weighted by molar-refractivity contribution is 8.14. The van der Waals surface area contributed by atoms with E-state index >= 15 is 0 Å². The van der Waals surface area contributed by atoms with E-state index in [1.165, 1.54) is 43.0 Å². The number of amidine groups is 1. The number of imidazole rings is 1. The molecule has 1 aromatic rings. The van der Waals surface area contributed by atoms with Gasteiger partial charge in [-0.1, -0.05) is 31.5 Å². The Hall–Kier alpha value is -0.970. The van der Waals surface area contributed by atoms with Crippen molar-refractivity contribution in [3.63, 3.8) is 0 Å². The molecule has 0 amide bonds. The second-order valence-electron chi connectivity index (χ2n) is 6.59. The highest BCUT2D eigenvalue weighted by atomic mass is 32.2. The zero-order valence-electron chi connectivity index (χ0n) is 12.9. The summed E-state index contributed by atoms with van der Waals surface area (Å²) in [5.74, 6) is 2.08. The average molecular weight is 306 g/mol. The molecule has 2 heterocycles. The number of rotatable bonds is 5. The van der Waals surface area contributed by atoms with E-state index in [-0.39, 0.29) is 0 Å². The maximum absolute atomic E-state index is 4.76. The molecule has 2 fully saturated rings. The Morgan fingerprint density at radius 2 is 2.48 bits per heavy atom. The van der Waals surface area contributed by atoms with Crippen LogP contribution in [0.15, 0.2) is 23.7 Å². The summed E-state index contributed by atoms with van der Waals surface area (Å²) in [5, 5.41) is 4.93. The standard InChI is InChI=1S/C16H26N4S/c1-14-5-4-6-16(11-14)12-21-15(19-16)18-7-2-3-9-20-10-8-17-13-20/h8,10,13-14H,2-7,9,11-12H2,1H3,(H,18,19). The number of aliphatic imine (C=N–C) groups is 1. The van der Waals surface area contributed by atoms with Crippen LogP contribution in [0.4, 0.5) is 0 Å². The molecule has 3 rings (SSSR count). The summed E-state index contributed by atoms with van der Waals surface area (Å²) in [6, 6.07) is 0. The Labute approximate surface area is 131 Å². The number of aryl methyl sites for hydroxylation is 1. The van der Waals surface area contributed by atoms with Crippen molar-refractivity contribution < 1.29 is 0 Å². The van der Waals surface area contributed by atoms with E-state index in [1.807, 2.05) is 30.5 Å². The summed E-state index contributed by atoms with van der Waals surface area (Å²) in [7, 11) is 0. The predicted molar refractivity (Wildman–Crippen MR) is 89.7 cm³/mol. The summed E-state index contributed by atoms with van der Waals surface area (Å²) in [6.07, 6.45) is 13.5. The first kappa shape index (κ1) is 14.9. The van der Waals surface area contributed by atoms with Gasteiger partial charge in [-0.3, -0.25) is 4.99 Å². The molecule has 1 spiro atoms. The van der Waals surface area contributed by atoms with Crippen LogP contribution in [0.5, 0.6) is 0 Å². The van der Waals surface area contributed by atoms with E-state index in [0.717, 1.165) is 25.4 Å². The molecule has 1 aliphatic heterocycles. The van der Waals surface area contributed by atoms with Gasteiger partial charge in [0.2, 0.25) is 0 Å². The Balaban J connectivity index is 1.39. The molecular weight excluding hydrogens is 280 g/mol. The van der Waals surface area contributed by atoms with Crippen molar-refractivity contribution in [2.24, 2.45) is 10.9 Å². The minimum absolute atomic E-state index is 0.359. The first-order chi connectivity index (χ1) is 10.3. The molecule has 5 heteroatoms. The first-order valence-corrected chi connectivity index (χ1v) is 9.16. The van der Waals surface area contributed by atoms with Gasteiger partial charge in [0.1, 0.15) is 0 Å². The van der Waals surface area contributed by atoms with Crippen LogP contribution in [0.1, 0.15) is 45.4 Å². The predicted octanol–water partition coefficient (Wildman–Crippen LogP) is 3.30. The van der Waals surface area contributed by atoms with Crippen molar-refractivity contribution in [2.75, 3.05) is 12.3 Å². The Morgan fingerprint density at radius 1 is 1.52 bits per heavy atom. The Morgan fingerprint density at radius 3 is 3.29 bits per heavy atom. The summed E-state index contributed by atoms with van der Waals surface area (Å²) in [5.41, 5.74) is 0.359. The number of aromatic nitrogens is 2. The molecule has 2 unspecified atom stereocenters. The third-order valence-electron chi connectivity index (χ3n) is 4.59. The minimum Gasteiger partial charge on any atom is -0.359 e. The second-order valence-corrected chi connectivity index (χ2v) is 7.55. The molecule has 1 saturated carbocycles. The monoisotopic (exact) mass is 306 g/mol. The molecule has 0 bridgehead atoms. The van der Waals surface area contributed by atoms with E-state index in [4.69, 9.17) is 4.99 Å². The SMILES string of the molecule is CC1CCCC2(CSC(=NCCCCn3ccnc3)N2)C1. The van der Waals surface area contributed by atoms with Crippen molar-refractivity contribution in [2.45, 2.75) is 57.5 Å². The van der Waals surface area contributed by atoms with Gasteiger partial charge in [-0.2, -0.15) is 0 Å². The summed E-state index contributed by atoms with van der Waals surface area (Å²) in [4.78, 5) is 8.82. The largest absolute Gasteiger partial charge is 0.359 e. The van der Waals surface area contributed by atoms with Crippen LogP contribution in [0.2, 0.25) is 0 Å². The lowest BCUT2D eigenvalue weighted by Gasteiger charge is -2.36. The van der Waals surface area contributed by atoms with Gasteiger partial charge in [0.15, 0.2) is 5.17 Å². The van der Waals surface area contributed by atoms with E-state index in [1.54, 1.807) is 0 Å². The maximum Gasteiger partial charge on any atom is 0.157 e.